The number of amides is 1. The zero-order valence-corrected chi connectivity index (χ0v) is 15.1. The summed E-state index contributed by atoms with van der Waals surface area (Å²) in [6.45, 7) is 0.405. The number of halogens is 1. The number of nitrogens with one attached hydrogen (secondary N) is 1. The largest absolute Gasteiger partial charge is 0.456 e. The Kier molecular flexibility index (Phi) is 5.53. The molecule has 1 saturated heterocycles. The highest BCUT2D eigenvalue weighted by Gasteiger charge is 2.42. The molecule has 7 nitrogen and oxygen atoms in total. The van der Waals surface area contributed by atoms with Crippen LogP contribution in [0.25, 0.3) is 0 Å². The predicted molar refractivity (Wildman–Crippen MR) is 96.1 cm³/mol. The molecule has 1 aliphatic heterocycles. The molecular weight excluding hydrogens is 380 g/mol. The number of ether oxygens (including phenoxy) is 1. The molecule has 1 fully saturated rings. The van der Waals surface area contributed by atoms with Gasteiger partial charge < -0.3 is 10.1 Å². The van der Waals surface area contributed by atoms with E-state index in [1.54, 1.807) is 12.1 Å². The van der Waals surface area contributed by atoms with Crippen molar-refractivity contribution in [3.63, 3.8) is 0 Å². The molecule has 26 heavy (non-hydrogen) atoms. The van der Waals surface area contributed by atoms with E-state index in [1.165, 1.54) is 12.1 Å². The number of rotatable bonds is 6. The van der Waals surface area contributed by atoms with Gasteiger partial charge >= 0.3 is 11.0 Å². The normalized spacial score (nSPS) is 19.2. The Hall–Kier alpha value is -2.45. The summed E-state index contributed by atoms with van der Waals surface area (Å²) in [5, 5.41) is 14.2. The van der Waals surface area contributed by atoms with Crippen molar-refractivity contribution in [1.82, 2.24) is 5.32 Å². The van der Waals surface area contributed by atoms with Crippen LogP contribution in [0.2, 0.25) is 5.02 Å². The molecule has 0 bridgehead atoms. The average Bonchev–Trinajstić information content (AvgIpc) is 3.23. The Balaban J connectivity index is 1.61. The lowest BCUT2D eigenvalue weighted by molar-refractivity contribution is -0.380. The Bertz CT molecular complexity index is 836. The van der Waals surface area contributed by atoms with Crippen LogP contribution in [0, 0.1) is 16.0 Å². The van der Waals surface area contributed by atoms with E-state index in [4.69, 9.17) is 16.3 Å². The minimum absolute atomic E-state index is 0.0385. The van der Waals surface area contributed by atoms with Gasteiger partial charge in [0.2, 0.25) is 5.91 Å². The van der Waals surface area contributed by atoms with Crippen molar-refractivity contribution in [2.24, 2.45) is 5.92 Å². The molecule has 1 aliphatic rings. The molecule has 1 amide bonds. The molecule has 0 spiro atoms. The van der Waals surface area contributed by atoms with E-state index in [0.29, 0.717) is 22.9 Å². The standard InChI is InChI=1S/C17H15ClN2O5S/c18-11-3-1-10(2-4-11)7-8-19-17(22)12-9-15(21)25-16(12)13-5-6-14(26-13)20(23)24/h1-6,12,16H,7-9H2,(H,19,22)/t12-,16?/m0/s1. The van der Waals surface area contributed by atoms with Crippen molar-refractivity contribution in [2.75, 3.05) is 6.54 Å². The number of nitrogens with zero attached hydrogens (tertiary/aromatic N) is 1. The summed E-state index contributed by atoms with van der Waals surface area (Å²) in [5.74, 6) is -1.47. The second-order valence-corrected chi connectivity index (χ2v) is 7.35. The summed E-state index contributed by atoms with van der Waals surface area (Å²) in [5.41, 5.74) is 1.03. The Morgan fingerprint density at radius 2 is 2.04 bits per heavy atom. The van der Waals surface area contributed by atoms with Crippen molar-refractivity contribution in [1.29, 1.82) is 0 Å². The predicted octanol–water partition coefficient (Wildman–Crippen LogP) is 3.27. The van der Waals surface area contributed by atoms with E-state index >= 15 is 0 Å². The van der Waals surface area contributed by atoms with Crippen LogP contribution in [0.3, 0.4) is 0 Å². The molecular formula is C17H15ClN2O5S. The van der Waals surface area contributed by atoms with Crippen molar-refractivity contribution >= 4 is 39.8 Å². The summed E-state index contributed by atoms with van der Waals surface area (Å²) < 4.78 is 5.23. The lowest BCUT2D eigenvalue weighted by Crippen LogP contribution is -2.33. The SMILES string of the molecule is O=C1C[C@H](C(=O)NCCc2ccc(Cl)cc2)C(c2ccc([N+](=O)[O-])s2)O1. The highest BCUT2D eigenvalue weighted by atomic mass is 35.5. The average molecular weight is 395 g/mol. The van der Waals surface area contributed by atoms with Crippen LogP contribution in [0.5, 0.6) is 0 Å². The van der Waals surface area contributed by atoms with E-state index < -0.39 is 22.9 Å². The minimum Gasteiger partial charge on any atom is -0.456 e. The number of carbonyl (C=O) groups excluding carboxylic acids is 2. The van der Waals surface area contributed by atoms with Gasteiger partial charge in [-0.15, -0.1) is 0 Å². The first kappa shape index (κ1) is 18.3. The van der Waals surface area contributed by atoms with Gasteiger partial charge in [0.1, 0.15) is 6.10 Å². The third kappa shape index (κ3) is 4.20. The number of cyclic esters (lactones) is 1. The second-order valence-electron chi connectivity index (χ2n) is 5.82. The minimum atomic E-state index is -0.781. The van der Waals surface area contributed by atoms with Crippen LogP contribution in [0.1, 0.15) is 23.0 Å². The monoisotopic (exact) mass is 394 g/mol. The van der Waals surface area contributed by atoms with E-state index in [2.05, 4.69) is 5.32 Å². The molecule has 0 saturated carbocycles. The molecule has 1 aromatic carbocycles. The van der Waals surface area contributed by atoms with Crippen LogP contribution in [-0.2, 0) is 20.7 Å². The van der Waals surface area contributed by atoms with Gasteiger partial charge in [-0.3, -0.25) is 19.7 Å². The lowest BCUT2D eigenvalue weighted by atomic mass is 9.99. The van der Waals surface area contributed by atoms with Crippen molar-refractivity contribution in [3.05, 3.63) is 62.0 Å². The van der Waals surface area contributed by atoms with Gasteiger partial charge in [-0.05, 0) is 30.2 Å². The van der Waals surface area contributed by atoms with Crippen LogP contribution in [0.4, 0.5) is 5.00 Å². The topological polar surface area (TPSA) is 98.5 Å². The summed E-state index contributed by atoms with van der Waals surface area (Å²) in [6.07, 6.45) is -0.195. The molecule has 1 aromatic heterocycles. The molecule has 136 valence electrons. The van der Waals surface area contributed by atoms with Gasteiger partial charge in [-0.25, -0.2) is 0 Å². The van der Waals surface area contributed by atoms with Crippen molar-refractivity contribution in [2.45, 2.75) is 18.9 Å². The van der Waals surface area contributed by atoms with Gasteiger partial charge in [0.15, 0.2) is 0 Å². The van der Waals surface area contributed by atoms with Gasteiger partial charge in [-0.2, -0.15) is 0 Å². The molecule has 2 aromatic rings. The fourth-order valence-corrected chi connectivity index (χ4v) is 3.79. The van der Waals surface area contributed by atoms with Crippen LogP contribution in [-0.4, -0.2) is 23.3 Å². The van der Waals surface area contributed by atoms with Gasteiger partial charge in [0, 0.05) is 17.6 Å². The van der Waals surface area contributed by atoms with Crippen LogP contribution < -0.4 is 5.32 Å². The molecule has 9 heteroatoms. The van der Waals surface area contributed by atoms with Gasteiger partial charge in [0.05, 0.1) is 22.1 Å². The first-order valence-corrected chi connectivity index (χ1v) is 9.09. The lowest BCUT2D eigenvalue weighted by Gasteiger charge is -2.15. The van der Waals surface area contributed by atoms with Gasteiger partial charge in [-0.1, -0.05) is 35.1 Å². The zero-order valence-electron chi connectivity index (χ0n) is 13.5. The second kappa shape index (κ2) is 7.84. The third-order valence-corrected chi connectivity index (χ3v) is 5.40. The van der Waals surface area contributed by atoms with E-state index in [1.807, 2.05) is 12.1 Å². The highest BCUT2D eigenvalue weighted by Crippen LogP contribution is 2.40. The summed E-state index contributed by atoms with van der Waals surface area (Å²) in [4.78, 5) is 35.0. The Morgan fingerprint density at radius 3 is 2.69 bits per heavy atom. The number of esters is 1. The zero-order chi connectivity index (χ0) is 18.7. The molecule has 2 heterocycles. The molecule has 0 radical (unpaired) electrons. The maximum absolute atomic E-state index is 12.5. The van der Waals surface area contributed by atoms with Gasteiger partial charge in [0.25, 0.3) is 0 Å². The number of nitro groups is 1. The summed E-state index contributed by atoms with van der Waals surface area (Å²) in [6, 6.07) is 10.2. The van der Waals surface area contributed by atoms with E-state index in [-0.39, 0.29) is 17.3 Å². The fraction of sp³-hybridized carbons (Fsp3) is 0.294. The maximum atomic E-state index is 12.5. The number of benzene rings is 1. The highest BCUT2D eigenvalue weighted by molar-refractivity contribution is 7.15. The van der Waals surface area contributed by atoms with Crippen molar-refractivity contribution in [3.8, 4) is 0 Å². The molecule has 2 atom stereocenters. The van der Waals surface area contributed by atoms with Crippen LogP contribution in [0.15, 0.2) is 36.4 Å². The van der Waals surface area contributed by atoms with E-state index in [0.717, 1.165) is 16.9 Å². The number of hydrogen-bond donors (Lipinski definition) is 1. The first-order valence-electron chi connectivity index (χ1n) is 7.90. The Labute approximate surface area is 158 Å². The van der Waals surface area contributed by atoms with E-state index in [9.17, 15) is 19.7 Å². The first-order chi connectivity index (χ1) is 12.4. The molecule has 1 N–H and O–H groups in total. The molecule has 0 aliphatic carbocycles. The molecule has 3 rings (SSSR count). The van der Waals surface area contributed by atoms with Crippen molar-refractivity contribution < 1.29 is 19.2 Å². The quantitative estimate of drug-likeness (QED) is 0.460. The van der Waals surface area contributed by atoms with Crippen LogP contribution >= 0.6 is 22.9 Å². The maximum Gasteiger partial charge on any atom is 0.324 e. The summed E-state index contributed by atoms with van der Waals surface area (Å²) in [7, 11) is 0. The Morgan fingerprint density at radius 1 is 1.31 bits per heavy atom. The smallest absolute Gasteiger partial charge is 0.324 e. The number of hydrogen-bond acceptors (Lipinski definition) is 6. The molecule has 1 unspecified atom stereocenters. The number of carbonyl (C=O) groups is 2. The summed E-state index contributed by atoms with van der Waals surface area (Å²) >= 11 is 6.75. The fourth-order valence-electron chi connectivity index (χ4n) is 2.75. The number of thiophene rings is 1. The third-order valence-electron chi connectivity index (χ3n) is 4.05.